The summed E-state index contributed by atoms with van der Waals surface area (Å²) in [6, 6.07) is 7.99. The minimum Gasteiger partial charge on any atom is -0.0933 e. The van der Waals surface area contributed by atoms with Gasteiger partial charge in [0.15, 0.2) is 0 Å². The van der Waals surface area contributed by atoms with Gasteiger partial charge in [-0.1, -0.05) is 49.1 Å². The van der Waals surface area contributed by atoms with E-state index in [0.717, 1.165) is 5.46 Å². The summed E-state index contributed by atoms with van der Waals surface area (Å²) in [6.07, 6.45) is 0. The van der Waals surface area contributed by atoms with Crippen molar-refractivity contribution in [1.29, 1.82) is 0 Å². The minimum atomic E-state index is 0.529. The fourth-order valence-electron chi connectivity index (χ4n) is 1.04. The topological polar surface area (TPSA) is 0 Å². The Morgan fingerprint density at radius 1 is 1.20 bits per heavy atom. The fraction of sp³-hybridized carbons (Fsp3) is 0.333. The van der Waals surface area contributed by atoms with Crippen LogP contribution < -0.4 is 5.46 Å². The van der Waals surface area contributed by atoms with Crippen LogP contribution >= 0.6 is 0 Å². The molecule has 0 fully saturated rings. The van der Waals surface area contributed by atoms with E-state index in [1.807, 2.05) is 18.2 Å². The highest BCUT2D eigenvalue weighted by atomic mass is 14.0. The van der Waals surface area contributed by atoms with Gasteiger partial charge in [0.1, 0.15) is 7.85 Å². The van der Waals surface area contributed by atoms with Crippen LogP contribution in [-0.4, -0.2) is 7.85 Å². The molecule has 1 aromatic rings. The molecule has 0 bridgehead atoms. The predicted molar refractivity (Wildman–Crippen MR) is 45.9 cm³/mol. The van der Waals surface area contributed by atoms with Crippen LogP contribution in [-0.2, 0) is 0 Å². The lowest BCUT2D eigenvalue weighted by molar-refractivity contribution is 0.873. The summed E-state index contributed by atoms with van der Waals surface area (Å²) in [5, 5.41) is 0. The minimum absolute atomic E-state index is 0.529. The Hall–Kier alpha value is -0.715. The molecule has 0 aliphatic carbocycles. The molecule has 0 unspecified atom stereocenters. The first-order chi connectivity index (χ1) is 4.72. The van der Waals surface area contributed by atoms with Crippen molar-refractivity contribution < 1.29 is 0 Å². The molecule has 0 atom stereocenters. The molecule has 0 amide bonds. The Labute approximate surface area is 63.7 Å². The lowest BCUT2D eigenvalue weighted by Gasteiger charge is -2.07. The van der Waals surface area contributed by atoms with Gasteiger partial charge >= 0.3 is 0 Å². The summed E-state index contributed by atoms with van der Waals surface area (Å²) in [7, 11) is 5.72. The van der Waals surface area contributed by atoms with Gasteiger partial charge in [-0.25, -0.2) is 0 Å². The molecule has 0 saturated carbocycles. The molecule has 0 aliphatic heterocycles. The monoisotopic (exact) mass is 130 g/mol. The van der Waals surface area contributed by atoms with Gasteiger partial charge < -0.3 is 0 Å². The first-order valence-corrected chi connectivity index (χ1v) is 3.56. The molecule has 0 saturated heterocycles. The van der Waals surface area contributed by atoms with Crippen LogP contribution in [0.5, 0.6) is 0 Å². The van der Waals surface area contributed by atoms with E-state index in [4.69, 9.17) is 7.85 Å². The lowest BCUT2D eigenvalue weighted by atomic mass is 9.86. The predicted octanol–water partition coefficient (Wildman–Crippen LogP) is 1.60. The van der Waals surface area contributed by atoms with Crippen LogP contribution in [0.15, 0.2) is 24.3 Å². The van der Waals surface area contributed by atoms with Crippen molar-refractivity contribution in [1.82, 2.24) is 0 Å². The Morgan fingerprint density at radius 3 is 2.20 bits per heavy atom. The van der Waals surface area contributed by atoms with Gasteiger partial charge in [-0.3, -0.25) is 0 Å². The maximum Gasteiger partial charge on any atom is 0.114 e. The van der Waals surface area contributed by atoms with Crippen molar-refractivity contribution in [3.05, 3.63) is 29.8 Å². The van der Waals surface area contributed by atoms with Gasteiger partial charge in [0.2, 0.25) is 0 Å². The van der Waals surface area contributed by atoms with Crippen LogP contribution in [0.2, 0.25) is 0 Å². The highest BCUT2D eigenvalue weighted by Gasteiger charge is 1.98. The molecule has 0 aromatic heterocycles. The van der Waals surface area contributed by atoms with Gasteiger partial charge in [-0.2, -0.15) is 0 Å². The van der Waals surface area contributed by atoms with Gasteiger partial charge in [0.25, 0.3) is 0 Å². The van der Waals surface area contributed by atoms with Crippen LogP contribution in [0.4, 0.5) is 0 Å². The Morgan fingerprint density at radius 2 is 1.80 bits per heavy atom. The molecule has 0 nitrogen and oxygen atoms in total. The third-order valence-corrected chi connectivity index (χ3v) is 1.62. The van der Waals surface area contributed by atoms with Crippen molar-refractivity contribution in [3.8, 4) is 0 Å². The number of hydrogen-bond donors (Lipinski definition) is 0. The van der Waals surface area contributed by atoms with Crippen molar-refractivity contribution >= 4 is 13.3 Å². The first kappa shape index (κ1) is 7.39. The third kappa shape index (κ3) is 1.41. The quantitative estimate of drug-likeness (QED) is 0.506. The van der Waals surface area contributed by atoms with E-state index in [1.54, 1.807) is 0 Å². The summed E-state index contributed by atoms with van der Waals surface area (Å²) in [5.41, 5.74) is 2.14. The molecular weight excluding hydrogens is 119 g/mol. The Balaban J connectivity index is 3.03. The summed E-state index contributed by atoms with van der Waals surface area (Å²) < 4.78 is 0. The van der Waals surface area contributed by atoms with Crippen LogP contribution in [0.1, 0.15) is 25.3 Å². The summed E-state index contributed by atoms with van der Waals surface area (Å²) in [6.45, 7) is 4.29. The van der Waals surface area contributed by atoms with E-state index >= 15 is 0 Å². The second-order valence-electron chi connectivity index (χ2n) is 2.78. The van der Waals surface area contributed by atoms with Gasteiger partial charge in [-0.15, -0.1) is 0 Å². The molecule has 0 aliphatic rings. The van der Waals surface area contributed by atoms with Crippen LogP contribution in [0.25, 0.3) is 0 Å². The van der Waals surface area contributed by atoms with Gasteiger partial charge in [-0.05, 0) is 5.92 Å². The molecule has 1 aromatic carbocycles. The SMILES string of the molecule is [B]c1ccccc1C(C)C. The van der Waals surface area contributed by atoms with Crippen LogP contribution in [0, 0.1) is 0 Å². The van der Waals surface area contributed by atoms with Gasteiger partial charge in [0, 0.05) is 0 Å². The zero-order chi connectivity index (χ0) is 7.56. The molecular formula is C9H11B. The van der Waals surface area contributed by atoms with E-state index in [1.165, 1.54) is 5.56 Å². The maximum absolute atomic E-state index is 5.72. The molecule has 2 radical (unpaired) electrons. The summed E-state index contributed by atoms with van der Waals surface area (Å²) in [5.74, 6) is 0.529. The largest absolute Gasteiger partial charge is 0.114 e. The van der Waals surface area contributed by atoms with E-state index in [9.17, 15) is 0 Å². The highest BCUT2D eigenvalue weighted by molar-refractivity contribution is 6.33. The number of hydrogen-bond acceptors (Lipinski definition) is 0. The zero-order valence-corrected chi connectivity index (χ0v) is 6.46. The molecule has 1 rings (SSSR count). The molecule has 0 N–H and O–H groups in total. The van der Waals surface area contributed by atoms with Crippen molar-refractivity contribution in [2.45, 2.75) is 19.8 Å². The van der Waals surface area contributed by atoms with E-state index in [0.29, 0.717) is 5.92 Å². The lowest BCUT2D eigenvalue weighted by Crippen LogP contribution is -2.10. The second-order valence-corrected chi connectivity index (χ2v) is 2.78. The fourth-order valence-corrected chi connectivity index (χ4v) is 1.04. The van der Waals surface area contributed by atoms with E-state index in [-0.39, 0.29) is 0 Å². The van der Waals surface area contributed by atoms with Crippen molar-refractivity contribution in [2.24, 2.45) is 0 Å². The second kappa shape index (κ2) is 2.91. The Bertz CT molecular complexity index is 216. The highest BCUT2D eigenvalue weighted by Crippen LogP contribution is 2.09. The summed E-state index contributed by atoms with van der Waals surface area (Å²) in [4.78, 5) is 0. The normalized spacial score (nSPS) is 10.3. The molecule has 0 heterocycles. The zero-order valence-electron chi connectivity index (χ0n) is 6.46. The molecule has 1 heteroatoms. The first-order valence-electron chi connectivity index (χ1n) is 3.56. The standard InChI is InChI=1S/C9H11B/c1-7(2)8-5-3-4-6-9(8)10/h3-7H,1-2H3. The van der Waals surface area contributed by atoms with Gasteiger partial charge in [0.05, 0.1) is 0 Å². The average molecular weight is 130 g/mol. The summed E-state index contributed by atoms with van der Waals surface area (Å²) >= 11 is 0. The van der Waals surface area contributed by atoms with Crippen molar-refractivity contribution in [3.63, 3.8) is 0 Å². The molecule has 50 valence electrons. The maximum atomic E-state index is 5.72. The third-order valence-electron chi connectivity index (χ3n) is 1.62. The number of benzene rings is 1. The number of rotatable bonds is 1. The van der Waals surface area contributed by atoms with E-state index < -0.39 is 0 Å². The van der Waals surface area contributed by atoms with Crippen LogP contribution in [0.3, 0.4) is 0 Å². The molecule has 10 heavy (non-hydrogen) atoms. The smallest absolute Gasteiger partial charge is 0.0933 e. The van der Waals surface area contributed by atoms with Crippen molar-refractivity contribution in [2.75, 3.05) is 0 Å². The average Bonchev–Trinajstić information content (AvgIpc) is 1.88. The van der Waals surface area contributed by atoms with E-state index in [2.05, 4.69) is 19.9 Å². The Kier molecular flexibility index (Phi) is 2.15. The molecule has 0 spiro atoms.